The van der Waals surface area contributed by atoms with Crippen LogP contribution in [0.1, 0.15) is 28.7 Å². The first kappa shape index (κ1) is 13.6. The van der Waals surface area contributed by atoms with Crippen molar-refractivity contribution in [1.82, 2.24) is 19.2 Å². The van der Waals surface area contributed by atoms with Gasteiger partial charge in [0.2, 0.25) is 5.82 Å². The van der Waals surface area contributed by atoms with Gasteiger partial charge in [-0.05, 0) is 19.4 Å². The van der Waals surface area contributed by atoms with Gasteiger partial charge < -0.3 is 4.90 Å². The average Bonchev–Trinajstić information content (AvgIpc) is 2.77. The fraction of sp³-hybridized carbons (Fsp3) is 0.400. The maximum atomic E-state index is 12.3. The number of carbonyl (C=O) groups is 1. The van der Waals surface area contributed by atoms with E-state index in [0.29, 0.717) is 26.2 Å². The molecule has 1 aromatic heterocycles. The number of rotatable bonds is 3. The molecule has 0 saturated heterocycles. The average molecular weight is 286 g/mol. The first-order chi connectivity index (χ1) is 10.1. The van der Waals surface area contributed by atoms with Gasteiger partial charge in [0.1, 0.15) is 0 Å². The molecule has 6 nitrogen and oxygen atoms in total. The summed E-state index contributed by atoms with van der Waals surface area (Å²) in [4.78, 5) is 26.3. The normalized spacial score (nSPS) is 14.4. The molecule has 0 aliphatic carbocycles. The largest absolute Gasteiger partial charge is 0.346 e. The fourth-order valence-electron chi connectivity index (χ4n) is 2.65. The molecule has 3 rings (SSSR count). The first-order valence-electron chi connectivity index (χ1n) is 7.12. The molecule has 0 spiro atoms. The van der Waals surface area contributed by atoms with Crippen molar-refractivity contribution < 1.29 is 4.79 Å². The molecule has 1 aliphatic rings. The Morgan fingerprint density at radius 2 is 2.05 bits per heavy atom. The van der Waals surface area contributed by atoms with Crippen LogP contribution in [-0.4, -0.2) is 38.2 Å². The van der Waals surface area contributed by atoms with Crippen molar-refractivity contribution in [3.63, 3.8) is 0 Å². The number of likely N-dealkylation sites (N-methyl/N-ethyl adjacent to an activating group) is 1. The van der Waals surface area contributed by atoms with Crippen molar-refractivity contribution >= 4 is 5.91 Å². The summed E-state index contributed by atoms with van der Waals surface area (Å²) >= 11 is 0. The minimum atomic E-state index is -0.212. The SMILES string of the molecule is CCN1CCn2c(nn(Cc3cccc(C)c3)c2=O)C1=O. The molecule has 0 radical (unpaired) electrons. The summed E-state index contributed by atoms with van der Waals surface area (Å²) in [5.41, 5.74) is 1.93. The highest BCUT2D eigenvalue weighted by atomic mass is 16.2. The topological polar surface area (TPSA) is 60.1 Å². The highest BCUT2D eigenvalue weighted by Crippen LogP contribution is 2.09. The smallest absolute Gasteiger partial charge is 0.334 e. The van der Waals surface area contributed by atoms with Gasteiger partial charge in [-0.1, -0.05) is 29.8 Å². The minimum Gasteiger partial charge on any atom is -0.334 e. The zero-order valence-corrected chi connectivity index (χ0v) is 12.2. The Morgan fingerprint density at radius 1 is 1.24 bits per heavy atom. The number of hydrogen-bond donors (Lipinski definition) is 0. The summed E-state index contributed by atoms with van der Waals surface area (Å²) in [7, 11) is 0. The molecule has 0 fully saturated rings. The van der Waals surface area contributed by atoms with Crippen molar-refractivity contribution in [2.24, 2.45) is 0 Å². The number of amides is 1. The van der Waals surface area contributed by atoms with E-state index in [0.717, 1.165) is 11.1 Å². The molecule has 0 unspecified atom stereocenters. The molecule has 0 saturated carbocycles. The molecule has 1 aromatic carbocycles. The fourth-order valence-corrected chi connectivity index (χ4v) is 2.65. The molecule has 21 heavy (non-hydrogen) atoms. The Bertz CT molecular complexity index is 744. The van der Waals surface area contributed by atoms with Crippen molar-refractivity contribution in [3.8, 4) is 0 Å². The van der Waals surface area contributed by atoms with E-state index in [4.69, 9.17) is 0 Å². The van der Waals surface area contributed by atoms with Crippen LogP contribution in [0.15, 0.2) is 29.1 Å². The Balaban J connectivity index is 1.96. The number of fused-ring (bicyclic) bond motifs is 1. The standard InChI is InChI=1S/C15H18N4O2/c1-3-17-7-8-18-13(14(17)20)16-19(15(18)21)10-12-6-4-5-11(2)9-12/h4-6,9H,3,7-8,10H2,1-2H3. The zero-order chi connectivity index (χ0) is 15.0. The summed E-state index contributed by atoms with van der Waals surface area (Å²) in [6.45, 7) is 6.04. The third kappa shape index (κ3) is 2.37. The third-order valence-corrected chi connectivity index (χ3v) is 3.79. The van der Waals surface area contributed by atoms with E-state index in [9.17, 15) is 9.59 Å². The summed E-state index contributed by atoms with van der Waals surface area (Å²) in [6, 6.07) is 7.94. The second-order valence-corrected chi connectivity index (χ2v) is 5.29. The van der Waals surface area contributed by atoms with Crippen molar-refractivity contribution in [2.75, 3.05) is 13.1 Å². The molecule has 0 bridgehead atoms. The highest BCUT2D eigenvalue weighted by Gasteiger charge is 2.28. The lowest BCUT2D eigenvalue weighted by Gasteiger charge is -2.24. The van der Waals surface area contributed by atoms with Gasteiger partial charge in [-0.2, -0.15) is 0 Å². The number of carbonyl (C=O) groups excluding carboxylic acids is 1. The third-order valence-electron chi connectivity index (χ3n) is 3.79. The maximum absolute atomic E-state index is 12.3. The van der Waals surface area contributed by atoms with Crippen LogP contribution in [0, 0.1) is 6.92 Å². The second kappa shape index (κ2) is 5.20. The van der Waals surface area contributed by atoms with E-state index in [1.165, 1.54) is 9.25 Å². The number of aryl methyl sites for hydroxylation is 1. The van der Waals surface area contributed by atoms with E-state index < -0.39 is 0 Å². The van der Waals surface area contributed by atoms with Gasteiger partial charge in [-0.3, -0.25) is 9.36 Å². The summed E-state index contributed by atoms with van der Waals surface area (Å²) in [5, 5.41) is 4.23. The molecule has 1 amide bonds. The maximum Gasteiger partial charge on any atom is 0.346 e. The van der Waals surface area contributed by atoms with Crippen LogP contribution < -0.4 is 5.69 Å². The molecule has 2 aromatic rings. The van der Waals surface area contributed by atoms with Crippen LogP contribution in [0.3, 0.4) is 0 Å². The monoisotopic (exact) mass is 286 g/mol. The number of benzene rings is 1. The van der Waals surface area contributed by atoms with E-state index in [-0.39, 0.29) is 17.4 Å². The van der Waals surface area contributed by atoms with Gasteiger partial charge in [0.15, 0.2) is 0 Å². The molecular weight excluding hydrogens is 268 g/mol. The van der Waals surface area contributed by atoms with Gasteiger partial charge in [0.25, 0.3) is 5.91 Å². The molecule has 0 N–H and O–H groups in total. The second-order valence-electron chi connectivity index (χ2n) is 5.29. The molecule has 110 valence electrons. The predicted octanol–water partition coefficient (Wildman–Crippen LogP) is 0.877. The van der Waals surface area contributed by atoms with Crippen molar-refractivity contribution in [3.05, 3.63) is 51.7 Å². The van der Waals surface area contributed by atoms with Gasteiger partial charge >= 0.3 is 5.69 Å². The number of nitrogens with zero attached hydrogens (tertiary/aromatic N) is 4. The lowest BCUT2D eigenvalue weighted by Crippen LogP contribution is -2.42. The summed E-state index contributed by atoms with van der Waals surface area (Å²) in [6.07, 6.45) is 0. The van der Waals surface area contributed by atoms with Crippen LogP contribution in [-0.2, 0) is 13.1 Å². The molecule has 1 aliphatic heterocycles. The Kier molecular flexibility index (Phi) is 3.37. The molecule has 6 heteroatoms. The van der Waals surface area contributed by atoms with Crippen LogP contribution in [0.4, 0.5) is 0 Å². The number of aromatic nitrogens is 3. The highest BCUT2D eigenvalue weighted by molar-refractivity contribution is 5.91. The lowest BCUT2D eigenvalue weighted by molar-refractivity contribution is 0.0705. The van der Waals surface area contributed by atoms with Gasteiger partial charge in [-0.15, -0.1) is 5.10 Å². The first-order valence-corrected chi connectivity index (χ1v) is 7.12. The van der Waals surface area contributed by atoms with Gasteiger partial charge in [-0.25, -0.2) is 9.48 Å². The van der Waals surface area contributed by atoms with Crippen LogP contribution >= 0.6 is 0 Å². The molecular formula is C15H18N4O2. The zero-order valence-electron chi connectivity index (χ0n) is 12.2. The van der Waals surface area contributed by atoms with Crippen molar-refractivity contribution in [2.45, 2.75) is 26.9 Å². The van der Waals surface area contributed by atoms with Crippen molar-refractivity contribution in [1.29, 1.82) is 0 Å². The number of hydrogen-bond acceptors (Lipinski definition) is 3. The summed E-state index contributed by atoms with van der Waals surface area (Å²) in [5.74, 6) is 0.0876. The van der Waals surface area contributed by atoms with Gasteiger partial charge in [0.05, 0.1) is 6.54 Å². The predicted molar refractivity (Wildman–Crippen MR) is 78.3 cm³/mol. The van der Waals surface area contributed by atoms with Crippen LogP contribution in [0.5, 0.6) is 0 Å². The van der Waals surface area contributed by atoms with E-state index in [2.05, 4.69) is 5.10 Å². The van der Waals surface area contributed by atoms with Crippen LogP contribution in [0.2, 0.25) is 0 Å². The Hall–Kier alpha value is -2.37. The van der Waals surface area contributed by atoms with E-state index in [1.807, 2.05) is 38.1 Å². The Morgan fingerprint density at radius 3 is 2.76 bits per heavy atom. The van der Waals surface area contributed by atoms with E-state index in [1.54, 1.807) is 4.90 Å². The Labute approximate surface area is 122 Å². The molecule has 2 heterocycles. The van der Waals surface area contributed by atoms with Gasteiger partial charge in [0, 0.05) is 19.6 Å². The molecule has 0 atom stereocenters. The minimum absolute atomic E-state index is 0.163. The van der Waals surface area contributed by atoms with E-state index >= 15 is 0 Å². The lowest BCUT2D eigenvalue weighted by atomic mass is 10.1. The summed E-state index contributed by atoms with van der Waals surface area (Å²) < 4.78 is 2.85. The van der Waals surface area contributed by atoms with Crippen LogP contribution in [0.25, 0.3) is 0 Å². The quantitative estimate of drug-likeness (QED) is 0.841.